The molecular weight excluding hydrogens is 230 g/mol. The Hall–Kier alpha value is -1.65. The zero-order valence-corrected chi connectivity index (χ0v) is 10.7. The van der Waals surface area contributed by atoms with Gasteiger partial charge in [-0.2, -0.15) is 0 Å². The van der Waals surface area contributed by atoms with Gasteiger partial charge in [-0.3, -0.25) is 4.79 Å². The second-order valence-corrected chi connectivity index (χ2v) is 4.59. The minimum atomic E-state index is -0.821. The molecule has 0 bridgehead atoms. The molecule has 0 radical (unpaired) electrons. The molecule has 0 fully saturated rings. The van der Waals surface area contributed by atoms with E-state index in [0.29, 0.717) is 6.54 Å². The number of rotatable bonds is 4. The monoisotopic (exact) mass is 249 g/mol. The van der Waals surface area contributed by atoms with Gasteiger partial charge in [0.25, 0.3) is 0 Å². The van der Waals surface area contributed by atoms with Crippen LogP contribution in [0, 0.1) is 0 Å². The molecule has 0 atom stereocenters. The Morgan fingerprint density at radius 3 is 2.83 bits per heavy atom. The SMILES string of the molecule is CCN(CC(=O)O)c1ncnc2c1CCCCC2. The predicted molar refractivity (Wildman–Crippen MR) is 68.8 cm³/mol. The number of aryl methyl sites for hydroxylation is 1. The van der Waals surface area contributed by atoms with Crippen LogP contribution in [0.3, 0.4) is 0 Å². The second kappa shape index (κ2) is 5.80. The molecular formula is C13H19N3O2. The molecule has 1 aromatic heterocycles. The van der Waals surface area contributed by atoms with Crippen LogP contribution < -0.4 is 4.90 Å². The molecule has 5 nitrogen and oxygen atoms in total. The summed E-state index contributed by atoms with van der Waals surface area (Å²) in [5, 5.41) is 8.95. The van der Waals surface area contributed by atoms with Crippen LogP contribution in [0.4, 0.5) is 5.82 Å². The molecule has 98 valence electrons. The van der Waals surface area contributed by atoms with Gasteiger partial charge in [-0.15, -0.1) is 0 Å². The first-order valence-electron chi connectivity index (χ1n) is 6.52. The van der Waals surface area contributed by atoms with Crippen molar-refractivity contribution in [2.24, 2.45) is 0 Å². The molecule has 1 heterocycles. The van der Waals surface area contributed by atoms with Crippen molar-refractivity contribution >= 4 is 11.8 Å². The number of likely N-dealkylation sites (N-methyl/N-ethyl adjacent to an activating group) is 1. The van der Waals surface area contributed by atoms with E-state index in [1.54, 1.807) is 6.33 Å². The van der Waals surface area contributed by atoms with Gasteiger partial charge in [-0.05, 0) is 32.6 Å². The molecule has 1 aliphatic carbocycles. The molecule has 0 amide bonds. The highest BCUT2D eigenvalue weighted by molar-refractivity contribution is 5.73. The molecule has 0 saturated heterocycles. The largest absolute Gasteiger partial charge is 0.480 e. The van der Waals surface area contributed by atoms with Crippen LogP contribution in [0.5, 0.6) is 0 Å². The number of nitrogens with zero attached hydrogens (tertiary/aromatic N) is 3. The Labute approximate surface area is 107 Å². The number of aliphatic carboxylic acids is 1. The fraction of sp³-hybridized carbons (Fsp3) is 0.615. The number of fused-ring (bicyclic) bond motifs is 1. The van der Waals surface area contributed by atoms with Crippen LogP contribution in [-0.4, -0.2) is 34.1 Å². The van der Waals surface area contributed by atoms with Gasteiger partial charge in [0.05, 0.1) is 0 Å². The summed E-state index contributed by atoms with van der Waals surface area (Å²) in [7, 11) is 0. The van der Waals surface area contributed by atoms with E-state index in [1.165, 1.54) is 6.42 Å². The zero-order chi connectivity index (χ0) is 13.0. The standard InChI is InChI=1S/C13H19N3O2/c1-2-16(8-12(17)18)13-10-6-4-3-5-7-11(10)14-9-15-13/h9H,2-8H2,1H3,(H,17,18). The molecule has 0 aliphatic heterocycles. The normalized spacial score (nSPS) is 14.7. The van der Waals surface area contributed by atoms with Crippen molar-refractivity contribution in [1.29, 1.82) is 0 Å². The van der Waals surface area contributed by atoms with Crippen molar-refractivity contribution in [1.82, 2.24) is 9.97 Å². The van der Waals surface area contributed by atoms with Crippen LogP contribution in [0.25, 0.3) is 0 Å². The highest BCUT2D eigenvalue weighted by Gasteiger charge is 2.19. The summed E-state index contributed by atoms with van der Waals surface area (Å²) < 4.78 is 0. The minimum absolute atomic E-state index is 0.0000463. The summed E-state index contributed by atoms with van der Waals surface area (Å²) in [6, 6.07) is 0. The van der Waals surface area contributed by atoms with Crippen molar-refractivity contribution < 1.29 is 9.90 Å². The van der Waals surface area contributed by atoms with Crippen LogP contribution >= 0.6 is 0 Å². The maximum atomic E-state index is 10.9. The van der Waals surface area contributed by atoms with Gasteiger partial charge >= 0.3 is 5.97 Å². The van der Waals surface area contributed by atoms with E-state index < -0.39 is 5.97 Å². The lowest BCUT2D eigenvalue weighted by atomic mass is 10.1. The summed E-state index contributed by atoms with van der Waals surface area (Å²) in [5.74, 6) is -0.00960. The van der Waals surface area contributed by atoms with E-state index in [9.17, 15) is 4.79 Å². The lowest BCUT2D eigenvalue weighted by Gasteiger charge is -2.23. The van der Waals surface area contributed by atoms with Gasteiger partial charge < -0.3 is 10.0 Å². The van der Waals surface area contributed by atoms with Gasteiger partial charge in [0.15, 0.2) is 0 Å². The van der Waals surface area contributed by atoms with E-state index in [1.807, 2.05) is 11.8 Å². The molecule has 0 saturated carbocycles. The summed E-state index contributed by atoms with van der Waals surface area (Å²) >= 11 is 0. The molecule has 1 aromatic rings. The van der Waals surface area contributed by atoms with Gasteiger partial charge in [0.1, 0.15) is 18.7 Å². The highest BCUT2D eigenvalue weighted by Crippen LogP contribution is 2.26. The maximum absolute atomic E-state index is 10.9. The van der Waals surface area contributed by atoms with Crippen LogP contribution in [0.1, 0.15) is 37.4 Å². The lowest BCUT2D eigenvalue weighted by Crippen LogP contribution is -2.31. The third-order valence-corrected chi connectivity index (χ3v) is 3.36. The van der Waals surface area contributed by atoms with E-state index in [4.69, 9.17) is 5.11 Å². The van der Waals surface area contributed by atoms with Gasteiger partial charge in [-0.1, -0.05) is 6.42 Å². The Kier molecular flexibility index (Phi) is 4.12. The summed E-state index contributed by atoms with van der Waals surface area (Å²) in [4.78, 5) is 21.4. The smallest absolute Gasteiger partial charge is 0.323 e. The number of carbonyl (C=O) groups is 1. The number of hydrogen-bond acceptors (Lipinski definition) is 4. The van der Waals surface area contributed by atoms with Crippen molar-refractivity contribution in [3.05, 3.63) is 17.6 Å². The Balaban J connectivity index is 2.34. The Morgan fingerprint density at radius 1 is 1.33 bits per heavy atom. The first-order chi connectivity index (χ1) is 8.72. The molecule has 1 aliphatic rings. The van der Waals surface area contributed by atoms with Crippen LogP contribution in [-0.2, 0) is 17.6 Å². The number of carboxylic acids is 1. The van der Waals surface area contributed by atoms with Crippen molar-refractivity contribution in [2.75, 3.05) is 18.0 Å². The van der Waals surface area contributed by atoms with Crippen LogP contribution in [0.2, 0.25) is 0 Å². The molecule has 5 heteroatoms. The number of carboxylic acid groups (broad SMARTS) is 1. The summed E-state index contributed by atoms with van der Waals surface area (Å²) in [6.07, 6.45) is 7.01. The third kappa shape index (κ3) is 2.78. The van der Waals surface area contributed by atoms with E-state index >= 15 is 0 Å². The number of anilines is 1. The fourth-order valence-electron chi connectivity index (χ4n) is 2.45. The van der Waals surface area contributed by atoms with Gasteiger partial charge in [-0.25, -0.2) is 9.97 Å². The first kappa shape index (κ1) is 12.8. The Bertz CT molecular complexity index is 434. The second-order valence-electron chi connectivity index (χ2n) is 4.59. The van der Waals surface area contributed by atoms with E-state index in [-0.39, 0.29) is 6.54 Å². The van der Waals surface area contributed by atoms with Crippen molar-refractivity contribution in [2.45, 2.75) is 39.0 Å². The molecule has 0 spiro atoms. The number of aromatic nitrogens is 2. The van der Waals surface area contributed by atoms with Crippen molar-refractivity contribution in [3.8, 4) is 0 Å². The lowest BCUT2D eigenvalue weighted by molar-refractivity contribution is -0.135. The Morgan fingerprint density at radius 2 is 2.11 bits per heavy atom. The third-order valence-electron chi connectivity index (χ3n) is 3.36. The van der Waals surface area contributed by atoms with Gasteiger partial charge in [0, 0.05) is 17.8 Å². The molecule has 1 N–H and O–H groups in total. The average molecular weight is 249 g/mol. The topological polar surface area (TPSA) is 66.3 Å². The minimum Gasteiger partial charge on any atom is -0.480 e. The molecule has 0 aromatic carbocycles. The predicted octanol–water partition coefficient (Wildman–Crippen LogP) is 1.66. The van der Waals surface area contributed by atoms with Crippen molar-refractivity contribution in [3.63, 3.8) is 0 Å². The molecule has 18 heavy (non-hydrogen) atoms. The maximum Gasteiger partial charge on any atom is 0.323 e. The van der Waals surface area contributed by atoms with Gasteiger partial charge in [0.2, 0.25) is 0 Å². The number of hydrogen-bond donors (Lipinski definition) is 1. The average Bonchev–Trinajstić information content (AvgIpc) is 2.60. The quantitative estimate of drug-likeness (QED) is 0.822. The summed E-state index contributed by atoms with van der Waals surface area (Å²) in [5.41, 5.74) is 2.25. The summed E-state index contributed by atoms with van der Waals surface area (Å²) in [6.45, 7) is 2.60. The fourth-order valence-corrected chi connectivity index (χ4v) is 2.45. The van der Waals surface area contributed by atoms with E-state index in [2.05, 4.69) is 9.97 Å². The highest BCUT2D eigenvalue weighted by atomic mass is 16.4. The molecule has 0 unspecified atom stereocenters. The van der Waals surface area contributed by atoms with E-state index in [0.717, 1.165) is 42.8 Å². The molecule has 2 rings (SSSR count). The zero-order valence-electron chi connectivity index (χ0n) is 10.7. The van der Waals surface area contributed by atoms with Crippen LogP contribution in [0.15, 0.2) is 6.33 Å². The first-order valence-corrected chi connectivity index (χ1v) is 6.52.